The van der Waals surface area contributed by atoms with E-state index in [9.17, 15) is 4.79 Å². The number of aryl methyl sites for hydroxylation is 1. The number of thiophene rings is 1. The number of hydrogen-bond acceptors (Lipinski definition) is 4. The fourth-order valence-electron chi connectivity index (χ4n) is 1.51. The predicted molar refractivity (Wildman–Crippen MR) is 73.6 cm³/mol. The molecular formula is C11H12BrN3OS. The molecular weight excluding hydrogens is 302 g/mol. The van der Waals surface area contributed by atoms with Crippen LogP contribution in [0.5, 0.6) is 0 Å². The summed E-state index contributed by atoms with van der Waals surface area (Å²) in [4.78, 5) is 19.2. The molecule has 0 amide bonds. The first-order valence-corrected chi connectivity index (χ1v) is 6.92. The van der Waals surface area contributed by atoms with Crippen molar-refractivity contribution in [3.8, 4) is 0 Å². The second-order valence-electron chi connectivity index (χ2n) is 3.47. The van der Waals surface area contributed by atoms with Crippen molar-refractivity contribution in [1.82, 2.24) is 9.97 Å². The zero-order valence-corrected chi connectivity index (χ0v) is 11.7. The van der Waals surface area contributed by atoms with Gasteiger partial charge in [0, 0.05) is 4.88 Å². The molecule has 0 radical (unpaired) electrons. The van der Waals surface area contributed by atoms with Gasteiger partial charge in [-0.3, -0.25) is 4.79 Å². The average molecular weight is 314 g/mol. The molecule has 2 heterocycles. The van der Waals surface area contributed by atoms with Crippen molar-refractivity contribution in [2.75, 3.05) is 5.32 Å². The van der Waals surface area contributed by atoms with Crippen LogP contribution in [-0.2, 0) is 13.0 Å². The molecule has 2 aromatic heterocycles. The summed E-state index contributed by atoms with van der Waals surface area (Å²) in [5, 5.41) is 5.24. The fourth-order valence-corrected chi connectivity index (χ4v) is 2.78. The second-order valence-corrected chi connectivity index (χ2v) is 5.26. The number of aromatic nitrogens is 2. The van der Waals surface area contributed by atoms with Crippen LogP contribution < -0.4 is 10.9 Å². The Labute approximate surface area is 111 Å². The Morgan fingerprint density at radius 1 is 1.59 bits per heavy atom. The molecule has 6 heteroatoms. The predicted octanol–water partition coefficient (Wildman–Crippen LogP) is 2.77. The number of hydrogen-bond donors (Lipinski definition) is 2. The van der Waals surface area contributed by atoms with Gasteiger partial charge >= 0.3 is 0 Å². The number of halogens is 1. The van der Waals surface area contributed by atoms with E-state index in [1.54, 1.807) is 11.3 Å². The fraction of sp³-hybridized carbons (Fsp3) is 0.273. The summed E-state index contributed by atoms with van der Waals surface area (Å²) in [5.74, 6) is 0.573. The first-order chi connectivity index (χ1) is 8.22. The van der Waals surface area contributed by atoms with E-state index in [-0.39, 0.29) is 5.56 Å². The molecule has 0 saturated carbocycles. The van der Waals surface area contributed by atoms with Crippen LogP contribution in [0.15, 0.2) is 27.0 Å². The molecule has 2 rings (SSSR count). The van der Waals surface area contributed by atoms with Gasteiger partial charge in [-0.2, -0.15) is 0 Å². The molecule has 0 spiro atoms. The van der Waals surface area contributed by atoms with Gasteiger partial charge in [-0.05, 0) is 39.4 Å². The van der Waals surface area contributed by atoms with Crippen molar-refractivity contribution in [2.24, 2.45) is 0 Å². The molecule has 2 N–H and O–H groups in total. The van der Waals surface area contributed by atoms with E-state index in [1.165, 1.54) is 16.8 Å². The van der Waals surface area contributed by atoms with Gasteiger partial charge in [-0.15, -0.1) is 11.3 Å². The average Bonchev–Trinajstić information content (AvgIpc) is 2.78. The number of anilines is 1. The number of aromatic amines is 1. The molecule has 2 aromatic rings. The van der Waals surface area contributed by atoms with Crippen LogP contribution in [0.1, 0.15) is 17.4 Å². The molecule has 0 saturated heterocycles. The van der Waals surface area contributed by atoms with Gasteiger partial charge in [-0.1, -0.05) is 6.92 Å². The first-order valence-electron chi connectivity index (χ1n) is 5.24. The zero-order chi connectivity index (χ0) is 12.3. The van der Waals surface area contributed by atoms with E-state index in [4.69, 9.17) is 0 Å². The molecule has 4 nitrogen and oxygen atoms in total. The highest BCUT2D eigenvalue weighted by atomic mass is 79.9. The lowest BCUT2D eigenvalue weighted by Crippen LogP contribution is -2.12. The van der Waals surface area contributed by atoms with Gasteiger partial charge in [-0.25, -0.2) is 4.98 Å². The summed E-state index contributed by atoms with van der Waals surface area (Å²) < 4.78 is 0.439. The number of H-pyrrole nitrogens is 1. The highest BCUT2D eigenvalue weighted by Crippen LogP contribution is 2.20. The molecule has 0 aliphatic carbocycles. The van der Waals surface area contributed by atoms with Gasteiger partial charge in [0.25, 0.3) is 5.56 Å². The Morgan fingerprint density at radius 2 is 2.41 bits per heavy atom. The van der Waals surface area contributed by atoms with Crippen molar-refractivity contribution in [2.45, 2.75) is 19.9 Å². The molecule has 0 atom stereocenters. The van der Waals surface area contributed by atoms with E-state index in [1.807, 2.05) is 0 Å². The largest absolute Gasteiger partial charge is 0.364 e. The van der Waals surface area contributed by atoms with Crippen molar-refractivity contribution in [3.05, 3.63) is 43.0 Å². The van der Waals surface area contributed by atoms with Gasteiger partial charge in [0.1, 0.15) is 10.3 Å². The highest BCUT2D eigenvalue weighted by molar-refractivity contribution is 9.10. The first kappa shape index (κ1) is 12.3. The second kappa shape index (κ2) is 5.46. The Bertz CT molecular complexity index is 564. The van der Waals surface area contributed by atoms with E-state index >= 15 is 0 Å². The van der Waals surface area contributed by atoms with Crippen molar-refractivity contribution < 1.29 is 0 Å². The SMILES string of the molecule is CCc1ccsc1CNc1nc[nH]c(=O)c1Br. The Balaban J connectivity index is 2.13. The quantitative estimate of drug-likeness (QED) is 0.912. The number of nitrogens with one attached hydrogen (secondary N) is 2. The molecule has 0 fully saturated rings. The van der Waals surface area contributed by atoms with Gasteiger partial charge in [0.15, 0.2) is 0 Å². The molecule has 0 unspecified atom stereocenters. The van der Waals surface area contributed by atoms with Gasteiger partial charge in [0.05, 0.1) is 12.9 Å². The molecule has 0 aliphatic rings. The Hall–Kier alpha value is -1.14. The normalized spacial score (nSPS) is 10.5. The lowest BCUT2D eigenvalue weighted by molar-refractivity contribution is 1.04. The summed E-state index contributed by atoms with van der Waals surface area (Å²) in [6.07, 6.45) is 2.41. The van der Waals surface area contributed by atoms with E-state index in [0.717, 1.165) is 6.42 Å². The van der Waals surface area contributed by atoms with Gasteiger partial charge < -0.3 is 10.3 Å². The minimum atomic E-state index is -0.176. The highest BCUT2D eigenvalue weighted by Gasteiger charge is 2.06. The maximum atomic E-state index is 11.3. The number of nitrogens with zero attached hydrogens (tertiary/aromatic N) is 1. The van der Waals surface area contributed by atoms with Gasteiger partial charge in [0.2, 0.25) is 0 Å². The summed E-state index contributed by atoms with van der Waals surface area (Å²) in [6.45, 7) is 2.82. The summed E-state index contributed by atoms with van der Waals surface area (Å²) in [5.41, 5.74) is 1.16. The van der Waals surface area contributed by atoms with Crippen LogP contribution in [0.2, 0.25) is 0 Å². The molecule has 90 valence electrons. The van der Waals surface area contributed by atoms with Crippen LogP contribution in [0, 0.1) is 0 Å². The number of rotatable bonds is 4. The summed E-state index contributed by atoms with van der Waals surface area (Å²) in [7, 11) is 0. The summed E-state index contributed by atoms with van der Waals surface area (Å²) >= 11 is 4.93. The minimum Gasteiger partial charge on any atom is -0.364 e. The van der Waals surface area contributed by atoms with E-state index in [0.29, 0.717) is 16.8 Å². The third-order valence-corrected chi connectivity index (χ3v) is 4.13. The zero-order valence-electron chi connectivity index (χ0n) is 9.29. The van der Waals surface area contributed by atoms with E-state index in [2.05, 4.69) is 49.6 Å². The van der Waals surface area contributed by atoms with Crippen LogP contribution >= 0.6 is 27.3 Å². The lowest BCUT2D eigenvalue weighted by Gasteiger charge is -2.06. The smallest absolute Gasteiger partial charge is 0.267 e. The Kier molecular flexibility index (Phi) is 3.96. The van der Waals surface area contributed by atoms with Crippen LogP contribution in [0.25, 0.3) is 0 Å². The van der Waals surface area contributed by atoms with Crippen molar-refractivity contribution in [3.63, 3.8) is 0 Å². The maximum absolute atomic E-state index is 11.3. The topological polar surface area (TPSA) is 57.8 Å². The molecule has 0 aromatic carbocycles. The van der Waals surface area contributed by atoms with Crippen LogP contribution in [0.3, 0.4) is 0 Å². The van der Waals surface area contributed by atoms with E-state index < -0.39 is 0 Å². The monoisotopic (exact) mass is 313 g/mol. The van der Waals surface area contributed by atoms with Crippen molar-refractivity contribution in [1.29, 1.82) is 0 Å². The molecule has 0 bridgehead atoms. The summed E-state index contributed by atoms with van der Waals surface area (Å²) in [6, 6.07) is 2.13. The standard InChI is InChI=1S/C11H12BrN3OS/c1-2-7-3-4-17-8(7)5-13-10-9(12)11(16)15-6-14-10/h3-4,6H,2,5H2,1H3,(H2,13,14,15,16). The van der Waals surface area contributed by atoms with Crippen LogP contribution in [-0.4, -0.2) is 9.97 Å². The lowest BCUT2D eigenvalue weighted by atomic mass is 10.2. The molecule has 0 aliphatic heterocycles. The maximum Gasteiger partial charge on any atom is 0.267 e. The van der Waals surface area contributed by atoms with Crippen LogP contribution in [0.4, 0.5) is 5.82 Å². The van der Waals surface area contributed by atoms with Crippen molar-refractivity contribution >= 4 is 33.1 Å². The minimum absolute atomic E-state index is 0.176. The third-order valence-electron chi connectivity index (χ3n) is 2.43. The Morgan fingerprint density at radius 3 is 3.18 bits per heavy atom. The third kappa shape index (κ3) is 2.76. The molecule has 17 heavy (non-hydrogen) atoms.